The Hall–Kier alpha value is -3.34. The Morgan fingerprint density at radius 3 is 2.71 bits per heavy atom. The minimum atomic E-state index is -0.301. The molecule has 24 heavy (non-hydrogen) atoms. The highest BCUT2D eigenvalue weighted by Gasteiger charge is 2.15. The summed E-state index contributed by atoms with van der Waals surface area (Å²) in [6, 6.07) is 19.1. The molecule has 5 heteroatoms. The van der Waals surface area contributed by atoms with Crippen LogP contribution in [0.3, 0.4) is 0 Å². The molecule has 0 spiro atoms. The fraction of sp³-hybridized carbons (Fsp3) is 0.0526. The van der Waals surface area contributed by atoms with Gasteiger partial charge in [0.2, 0.25) is 6.79 Å². The molecule has 1 heterocycles. The summed E-state index contributed by atoms with van der Waals surface area (Å²) in [5.74, 6) is 0.915. The van der Waals surface area contributed by atoms with Crippen LogP contribution in [-0.2, 0) is 0 Å². The van der Waals surface area contributed by atoms with Crippen LogP contribution < -0.4 is 14.9 Å². The van der Waals surface area contributed by atoms with Gasteiger partial charge < -0.3 is 9.47 Å². The van der Waals surface area contributed by atoms with Crippen LogP contribution in [0.2, 0.25) is 0 Å². The molecule has 0 aromatic heterocycles. The van der Waals surface area contributed by atoms with Crippen LogP contribution in [0, 0.1) is 0 Å². The van der Waals surface area contributed by atoms with Gasteiger partial charge in [0.25, 0.3) is 5.91 Å². The first kappa shape index (κ1) is 14.3. The molecular weight excluding hydrogens is 304 g/mol. The van der Waals surface area contributed by atoms with E-state index in [9.17, 15) is 4.79 Å². The number of nitrogens with one attached hydrogen (secondary N) is 1. The van der Waals surface area contributed by atoms with Crippen molar-refractivity contribution < 1.29 is 14.3 Å². The lowest BCUT2D eigenvalue weighted by atomic mass is 10.1. The van der Waals surface area contributed by atoms with E-state index < -0.39 is 0 Å². The second-order valence-electron chi connectivity index (χ2n) is 5.37. The number of hydrazone groups is 1. The first-order valence-electron chi connectivity index (χ1n) is 7.51. The summed E-state index contributed by atoms with van der Waals surface area (Å²) in [6.45, 7) is 0.181. The number of carbonyl (C=O) groups is 1. The van der Waals surface area contributed by atoms with Gasteiger partial charge in [-0.1, -0.05) is 36.4 Å². The van der Waals surface area contributed by atoms with Crippen molar-refractivity contribution in [2.24, 2.45) is 5.10 Å². The van der Waals surface area contributed by atoms with Crippen molar-refractivity contribution >= 4 is 22.9 Å². The lowest BCUT2D eigenvalue weighted by Crippen LogP contribution is -2.17. The third-order valence-electron chi connectivity index (χ3n) is 3.79. The van der Waals surface area contributed by atoms with E-state index in [0.29, 0.717) is 17.1 Å². The number of hydrogen-bond donors (Lipinski definition) is 1. The Labute approximate surface area is 138 Å². The zero-order valence-electron chi connectivity index (χ0n) is 12.7. The van der Waals surface area contributed by atoms with Gasteiger partial charge in [-0.3, -0.25) is 4.79 Å². The maximum absolute atomic E-state index is 12.1. The van der Waals surface area contributed by atoms with Gasteiger partial charge in [-0.05, 0) is 40.6 Å². The van der Waals surface area contributed by atoms with Gasteiger partial charge in [-0.15, -0.1) is 0 Å². The standard InChI is InChI=1S/C19H14N2O3/c22-19(16-7-8-17-18(10-16)24-12-23-17)21-20-11-13-5-6-14-3-1-2-4-15(14)9-13/h1-11H,12H2,(H,21,22)/b20-11+. The molecule has 0 aliphatic carbocycles. The van der Waals surface area contributed by atoms with Gasteiger partial charge in [0, 0.05) is 5.56 Å². The molecule has 0 bridgehead atoms. The molecule has 1 N–H and O–H groups in total. The fourth-order valence-electron chi connectivity index (χ4n) is 2.56. The van der Waals surface area contributed by atoms with Crippen LogP contribution in [0.5, 0.6) is 11.5 Å². The molecule has 3 aromatic rings. The number of hydrogen-bond acceptors (Lipinski definition) is 4. The predicted octanol–water partition coefficient (Wildman–Crippen LogP) is 3.33. The molecule has 0 saturated carbocycles. The fourth-order valence-corrected chi connectivity index (χ4v) is 2.56. The summed E-state index contributed by atoms with van der Waals surface area (Å²) in [7, 11) is 0. The Bertz CT molecular complexity index is 950. The van der Waals surface area contributed by atoms with E-state index in [2.05, 4.69) is 16.6 Å². The van der Waals surface area contributed by atoms with Gasteiger partial charge in [0.1, 0.15) is 0 Å². The van der Waals surface area contributed by atoms with Gasteiger partial charge >= 0.3 is 0 Å². The molecule has 0 unspecified atom stereocenters. The van der Waals surface area contributed by atoms with Gasteiger partial charge in [0.15, 0.2) is 11.5 Å². The Kier molecular flexibility index (Phi) is 3.59. The van der Waals surface area contributed by atoms with Gasteiger partial charge in [-0.2, -0.15) is 5.10 Å². The third kappa shape index (κ3) is 2.79. The van der Waals surface area contributed by atoms with E-state index in [4.69, 9.17) is 9.47 Å². The molecule has 0 fully saturated rings. The van der Waals surface area contributed by atoms with Crippen LogP contribution in [0.1, 0.15) is 15.9 Å². The highest BCUT2D eigenvalue weighted by atomic mass is 16.7. The summed E-state index contributed by atoms with van der Waals surface area (Å²) >= 11 is 0. The maximum Gasteiger partial charge on any atom is 0.271 e. The zero-order chi connectivity index (χ0) is 16.4. The lowest BCUT2D eigenvalue weighted by Gasteiger charge is -2.02. The van der Waals surface area contributed by atoms with Crippen LogP contribution in [0.15, 0.2) is 65.8 Å². The summed E-state index contributed by atoms with van der Waals surface area (Å²) in [4.78, 5) is 12.1. The molecule has 118 valence electrons. The summed E-state index contributed by atoms with van der Waals surface area (Å²) in [6.07, 6.45) is 1.62. The minimum Gasteiger partial charge on any atom is -0.454 e. The van der Waals surface area contributed by atoms with Crippen molar-refractivity contribution in [3.8, 4) is 11.5 Å². The average Bonchev–Trinajstić information content (AvgIpc) is 3.09. The average molecular weight is 318 g/mol. The second-order valence-corrected chi connectivity index (χ2v) is 5.37. The molecule has 0 radical (unpaired) electrons. The largest absolute Gasteiger partial charge is 0.454 e. The quantitative estimate of drug-likeness (QED) is 0.595. The van der Waals surface area contributed by atoms with Gasteiger partial charge in [0.05, 0.1) is 6.21 Å². The molecule has 3 aromatic carbocycles. The van der Waals surface area contributed by atoms with E-state index in [-0.39, 0.29) is 12.7 Å². The molecule has 1 amide bonds. The van der Waals surface area contributed by atoms with Crippen molar-refractivity contribution in [1.82, 2.24) is 5.43 Å². The van der Waals surface area contributed by atoms with Crippen LogP contribution in [-0.4, -0.2) is 18.9 Å². The number of ether oxygens (including phenoxy) is 2. The molecule has 0 saturated heterocycles. The Morgan fingerprint density at radius 2 is 1.79 bits per heavy atom. The predicted molar refractivity (Wildman–Crippen MR) is 91.6 cm³/mol. The summed E-state index contributed by atoms with van der Waals surface area (Å²) < 4.78 is 10.5. The molecule has 0 atom stereocenters. The number of amides is 1. The highest BCUT2D eigenvalue weighted by molar-refractivity contribution is 5.96. The SMILES string of the molecule is O=C(N/N=C/c1ccc2ccccc2c1)c1ccc2c(c1)OCO2. The molecule has 5 nitrogen and oxygen atoms in total. The lowest BCUT2D eigenvalue weighted by molar-refractivity contribution is 0.0954. The first-order valence-corrected chi connectivity index (χ1v) is 7.51. The van der Waals surface area contributed by atoms with Crippen molar-refractivity contribution in [3.63, 3.8) is 0 Å². The Balaban J connectivity index is 1.47. The summed E-state index contributed by atoms with van der Waals surface area (Å²) in [5.41, 5.74) is 3.90. The number of rotatable bonds is 3. The molecular formula is C19H14N2O3. The molecule has 1 aliphatic heterocycles. The molecule has 4 rings (SSSR count). The Morgan fingerprint density at radius 1 is 0.958 bits per heavy atom. The van der Waals surface area contributed by atoms with E-state index in [1.807, 2.05) is 36.4 Å². The van der Waals surface area contributed by atoms with E-state index in [1.165, 1.54) is 5.39 Å². The minimum absolute atomic E-state index is 0.181. The zero-order valence-corrected chi connectivity index (χ0v) is 12.7. The van der Waals surface area contributed by atoms with Crippen LogP contribution in [0.25, 0.3) is 10.8 Å². The third-order valence-corrected chi connectivity index (χ3v) is 3.79. The normalized spacial score (nSPS) is 12.7. The van der Waals surface area contributed by atoms with Gasteiger partial charge in [-0.25, -0.2) is 5.43 Å². The maximum atomic E-state index is 12.1. The second kappa shape index (κ2) is 6.04. The number of fused-ring (bicyclic) bond motifs is 2. The first-order chi connectivity index (χ1) is 11.8. The number of carbonyl (C=O) groups excluding carboxylic acids is 1. The number of nitrogens with zero attached hydrogens (tertiary/aromatic N) is 1. The van der Waals surface area contributed by atoms with Crippen molar-refractivity contribution in [2.75, 3.05) is 6.79 Å². The monoisotopic (exact) mass is 318 g/mol. The smallest absolute Gasteiger partial charge is 0.271 e. The molecule has 1 aliphatic rings. The van der Waals surface area contributed by atoms with Crippen molar-refractivity contribution in [1.29, 1.82) is 0 Å². The van der Waals surface area contributed by atoms with Crippen LogP contribution >= 0.6 is 0 Å². The van der Waals surface area contributed by atoms with Crippen LogP contribution in [0.4, 0.5) is 0 Å². The van der Waals surface area contributed by atoms with Crippen molar-refractivity contribution in [2.45, 2.75) is 0 Å². The topological polar surface area (TPSA) is 59.9 Å². The number of benzene rings is 3. The summed E-state index contributed by atoms with van der Waals surface area (Å²) in [5, 5.41) is 6.32. The highest BCUT2D eigenvalue weighted by Crippen LogP contribution is 2.32. The van der Waals surface area contributed by atoms with E-state index >= 15 is 0 Å². The van der Waals surface area contributed by atoms with Crippen molar-refractivity contribution in [3.05, 3.63) is 71.8 Å². The van der Waals surface area contributed by atoms with E-state index in [1.54, 1.807) is 24.4 Å². The van der Waals surface area contributed by atoms with E-state index in [0.717, 1.165) is 10.9 Å².